The van der Waals surface area contributed by atoms with E-state index in [0.717, 1.165) is 0 Å². The number of anilines is 1. The molecule has 7 heteroatoms. The number of benzene rings is 1. The van der Waals surface area contributed by atoms with Crippen molar-refractivity contribution < 1.29 is 23.5 Å². The molecule has 1 aliphatic rings. The Morgan fingerprint density at radius 2 is 1.84 bits per heavy atom. The SMILES string of the molecule is CCOC(=O)C1CN(C(=O)OC(C)(C)C)CCN1c1ccc(F)cc1. The molecule has 138 valence electrons. The normalized spacial score (nSPS) is 18.0. The zero-order valence-electron chi connectivity index (χ0n) is 15.1. The average molecular weight is 352 g/mol. The summed E-state index contributed by atoms with van der Waals surface area (Å²) in [5, 5.41) is 0. The van der Waals surface area contributed by atoms with Gasteiger partial charge in [-0.05, 0) is 52.0 Å². The fourth-order valence-corrected chi connectivity index (χ4v) is 2.66. The number of nitrogens with zero attached hydrogens (tertiary/aromatic N) is 2. The molecule has 1 saturated heterocycles. The van der Waals surface area contributed by atoms with E-state index in [0.29, 0.717) is 18.8 Å². The van der Waals surface area contributed by atoms with Gasteiger partial charge in [0.2, 0.25) is 0 Å². The van der Waals surface area contributed by atoms with Crippen LogP contribution in [0.2, 0.25) is 0 Å². The predicted octanol–water partition coefficient (Wildman–Crippen LogP) is 2.81. The number of hydrogen-bond acceptors (Lipinski definition) is 5. The third-order valence-corrected chi connectivity index (χ3v) is 3.75. The van der Waals surface area contributed by atoms with Crippen molar-refractivity contribution in [3.8, 4) is 0 Å². The van der Waals surface area contributed by atoms with Gasteiger partial charge in [-0.2, -0.15) is 0 Å². The monoisotopic (exact) mass is 352 g/mol. The highest BCUT2D eigenvalue weighted by Gasteiger charge is 2.37. The third-order valence-electron chi connectivity index (χ3n) is 3.75. The molecule has 0 aromatic heterocycles. The molecule has 1 aromatic carbocycles. The predicted molar refractivity (Wildman–Crippen MR) is 92.0 cm³/mol. The van der Waals surface area contributed by atoms with Gasteiger partial charge in [0, 0.05) is 18.8 Å². The molecule has 25 heavy (non-hydrogen) atoms. The average Bonchev–Trinajstić information content (AvgIpc) is 2.54. The second-order valence-electron chi connectivity index (χ2n) is 6.86. The van der Waals surface area contributed by atoms with E-state index in [1.165, 1.54) is 17.0 Å². The number of esters is 1. The molecule has 1 aromatic rings. The van der Waals surface area contributed by atoms with Gasteiger partial charge in [0.15, 0.2) is 0 Å². The van der Waals surface area contributed by atoms with Gasteiger partial charge in [0.25, 0.3) is 0 Å². The van der Waals surface area contributed by atoms with Crippen molar-refractivity contribution in [3.05, 3.63) is 30.1 Å². The van der Waals surface area contributed by atoms with E-state index >= 15 is 0 Å². The first kappa shape index (κ1) is 19.0. The maximum absolute atomic E-state index is 13.2. The molecule has 2 rings (SSSR count). The summed E-state index contributed by atoms with van der Waals surface area (Å²) in [6.07, 6.45) is -0.458. The van der Waals surface area contributed by atoms with Crippen LogP contribution in [0, 0.1) is 5.82 Å². The molecule has 1 fully saturated rings. The first-order valence-corrected chi connectivity index (χ1v) is 8.38. The zero-order chi connectivity index (χ0) is 18.6. The van der Waals surface area contributed by atoms with Gasteiger partial charge in [-0.15, -0.1) is 0 Å². The fraction of sp³-hybridized carbons (Fsp3) is 0.556. The van der Waals surface area contributed by atoms with E-state index in [9.17, 15) is 14.0 Å². The second kappa shape index (κ2) is 7.72. The number of ether oxygens (including phenoxy) is 2. The lowest BCUT2D eigenvalue weighted by Gasteiger charge is -2.41. The maximum atomic E-state index is 13.2. The van der Waals surface area contributed by atoms with Crippen LogP contribution < -0.4 is 4.90 Å². The molecule has 0 bridgehead atoms. The van der Waals surface area contributed by atoms with Crippen molar-refractivity contribution in [2.45, 2.75) is 39.3 Å². The molecule has 0 aliphatic carbocycles. The van der Waals surface area contributed by atoms with Crippen molar-refractivity contribution in [3.63, 3.8) is 0 Å². The Morgan fingerprint density at radius 1 is 1.20 bits per heavy atom. The summed E-state index contributed by atoms with van der Waals surface area (Å²) >= 11 is 0. The Kier molecular flexibility index (Phi) is 5.87. The largest absolute Gasteiger partial charge is 0.464 e. The van der Waals surface area contributed by atoms with Crippen molar-refractivity contribution in [1.29, 1.82) is 0 Å². The minimum Gasteiger partial charge on any atom is -0.464 e. The number of halogens is 1. The maximum Gasteiger partial charge on any atom is 0.410 e. The molecule has 1 aliphatic heterocycles. The Hall–Kier alpha value is -2.31. The quantitative estimate of drug-likeness (QED) is 0.783. The van der Waals surface area contributed by atoms with Crippen LogP contribution in [0.3, 0.4) is 0 Å². The van der Waals surface area contributed by atoms with E-state index in [2.05, 4.69) is 0 Å². The fourth-order valence-electron chi connectivity index (χ4n) is 2.66. The molecule has 0 saturated carbocycles. The van der Waals surface area contributed by atoms with Crippen LogP contribution >= 0.6 is 0 Å². The van der Waals surface area contributed by atoms with E-state index in [1.54, 1.807) is 39.8 Å². The Bertz CT molecular complexity index is 612. The summed E-state index contributed by atoms with van der Waals surface area (Å²) in [5.74, 6) is -0.760. The third kappa shape index (κ3) is 5.08. The van der Waals surface area contributed by atoms with Crippen molar-refractivity contribution in [2.24, 2.45) is 0 Å². The number of rotatable bonds is 3. The van der Waals surface area contributed by atoms with Crippen LogP contribution in [0.4, 0.5) is 14.9 Å². The van der Waals surface area contributed by atoms with Gasteiger partial charge in [-0.25, -0.2) is 14.0 Å². The van der Waals surface area contributed by atoms with E-state index < -0.39 is 23.7 Å². The summed E-state index contributed by atoms with van der Waals surface area (Å²) in [5.41, 5.74) is 0.105. The van der Waals surface area contributed by atoms with Gasteiger partial charge < -0.3 is 19.3 Å². The summed E-state index contributed by atoms with van der Waals surface area (Å²) in [6.45, 7) is 8.35. The highest BCUT2D eigenvalue weighted by atomic mass is 19.1. The Labute approximate surface area is 147 Å². The first-order valence-electron chi connectivity index (χ1n) is 8.38. The highest BCUT2D eigenvalue weighted by molar-refractivity contribution is 5.82. The smallest absolute Gasteiger partial charge is 0.410 e. The molecule has 1 heterocycles. The van der Waals surface area contributed by atoms with Gasteiger partial charge >= 0.3 is 12.1 Å². The highest BCUT2D eigenvalue weighted by Crippen LogP contribution is 2.23. The number of carbonyl (C=O) groups is 2. The molecule has 6 nitrogen and oxygen atoms in total. The summed E-state index contributed by atoms with van der Waals surface area (Å²) in [6, 6.07) is 5.26. The minimum absolute atomic E-state index is 0.158. The zero-order valence-corrected chi connectivity index (χ0v) is 15.1. The lowest BCUT2D eigenvalue weighted by molar-refractivity contribution is -0.145. The first-order chi connectivity index (χ1) is 11.7. The van der Waals surface area contributed by atoms with Crippen molar-refractivity contribution in [2.75, 3.05) is 31.1 Å². The summed E-state index contributed by atoms with van der Waals surface area (Å²) in [7, 11) is 0. The van der Waals surface area contributed by atoms with E-state index in [4.69, 9.17) is 9.47 Å². The van der Waals surface area contributed by atoms with Crippen molar-refractivity contribution >= 4 is 17.7 Å². The lowest BCUT2D eigenvalue weighted by Crippen LogP contribution is -2.59. The number of amides is 1. The molecule has 1 atom stereocenters. The van der Waals surface area contributed by atoms with Gasteiger partial charge in [-0.3, -0.25) is 0 Å². The van der Waals surface area contributed by atoms with Gasteiger partial charge in [0.05, 0.1) is 13.2 Å². The standard InChI is InChI=1S/C18H25FN2O4/c1-5-24-16(22)15-12-20(17(23)25-18(2,3)4)10-11-21(15)14-8-6-13(19)7-9-14/h6-9,15H,5,10-12H2,1-4H3. The molecular weight excluding hydrogens is 327 g/mol. The van der Waals surface area contributed by atoms with Crippen LogP contribution in [0.5, 0.6) is 0 Å². The van der Waals surface area contributed by atoms with Crippen LogP contribution in [0.15, 0.2) is 24.3 Å². The number of hydrogen-bond donors (Lipinski definition) is 0. The van der Waals surface area contributed by atoms with Gasteiger partial charge in [0.1, 0.15) is 17.5 Å². The Morgan fingerprint density at radius 3 is 2.40 bits per heavy atom. The van der Waals surface area contributed by atoms with Crippen LogP contribution in [0.25, 0.3) is 0 Å². The molecule has 0 N–H and O–H groups in total. The molecule has 1 amide bonds. The molecule has 0 radical (unpaired) electrons. The van der Waals surface area contributed by atoms with Crippen LogP contribution in [-0.4, -0.2) is 54.8 Å². The van der Waals surface area contributed by atoms with Crippen LogP contribution in [0.1, 0.15) is 27.7 Å². The van der Waals surface area contributed by atoms with Crippen LogP contribution in [-0.2, 0) is 14.3 Å². The van der Waals surface area contributed by atoms with Gasteiger partial charge in [-0.1, -0.05) is 0 Å². The summed E-state index contributed by atoms with van der Waals surface area (Å²) in [4.78, 5) is 28.0. The summed E-state index contributed by atoms with van der Waals surface area (Å²) < 4.78 is 23.7. The number of piperazine rings is 1. The number of carbonyl (C=O) groups excluding carboxylic acids is 2. The molecule has 0 spiro atoms. The minimum atomic E-state index is -0.660. The molecular formula is C18H25FN2O4. The van der Waals surface area contributed by atoms with E-state index in [-0.39, 0.29) is 19.0 Å². The van der Waals surface area contributed by atoms with Crippen molar-refractivity contribution in [1.82, 2.24) is 4.90 Å². The Balaban J connectivity index is 2.18. The lowest BCUT2D eigenvalue weighted by atomic mass is 10.1. The molecule has 1 unspecified atom stereocenters. The van der Waals surface area contributed by atoms with E-state index in [1.807, 2.05) is 4.90 Å². The second-order valence-corrected chi connectivity index (χ2v) is 6.86. The topological polar surface area (TPSA) is 59.1 Å².